The van der Waals surface area contributed by atoms with E-state index < -0.39 is 0 Å². The van der Waals surface area contributed by atoms with E-state index >= 15 is 0 Å². The van der Waals surface area contributed by atoms with E-state index in [1.54, 1.807) is 12.1 Å². The topological polar surface area (TPSA) is 104 Å². The third kappa shape index (κ3) is 4.16. The highest BCUT2D eigenvalue weighted by Gasteiger charge is 2.35. The van der Waals surface area contributed by atoms with Crippen molar-refractivity contribution in [3.05, 3.63) is 33.8 Å². The Labute approximate surface area is 195 Å². The zero-order valence-electron chi connectivity index (χ0n) is 18.0. The van der Waals surface area contributed by atoms with Crippen LogP contribution in [-0.4, -0.2) is 39.3 Å². The molecule has 8 nitrogen and oxygen atoms in total. The fourth-order valence-electron chi connectivity index (χ4n) is 4.67. The van der Waals surface area contributed by atoms with Crippen molar-refractivity contribution >= 4 is 51.2 Å². The summed E-state index contributed by atoms with van der Waals surface area (Å²) in [6, 6.07) is 5.98. The van der Waals surface area contributed by atoms with E-state index in [1.807, 2.05) is 6.07 Å². The normalized spacial score (nSPS) is 25.6. The summed E-state index contributed by atoms with van der Waals surface area (Å²) < 4.78 is 6.02. The molecule has 1 aliphatic heterocycles. The number of nitrogens with zero attached hydrogens (tertiary/aromatic N) is 3. The highest BCUT2D eigenvalue weighted by Crippen LogP contribution is 2.41. The highest BCUT2D eigenvalue weighted by atomic mass is 35.5. The van der Waals surface area contributed by atoms with Gasteiger partial charge < -0.3 is 19.7 Å². The fraction of sp³-hybridized carbons (Fsp3) is 0.500. The van der Waals surface area contributed by atoms with E-state index in [0.29, 0.717) is 21.8 Å². The second kappa shape index (κ2) is 8.53. The standard InChI is InChI=1S/C22H26ClN5O3S/c1-11-9-17-19(12(2)28(11)22-26-16-10-13(23)3-8-18(16)31-22)32-21(25-17)27-20(30)24-14-4-6-15(29)7-5-14/h3,8,10-12,14-15,29H,4-7,9H2,1-2H3,(H2,24,25,27,30)/t11-,12+,14-,15-/m1/s1. The van der Waals surface area contributed by atoms with Gasteiger partial charge in [0, 0.05) is 23.5 Å². The second-order valence-corrected chi connectivity index (χ2v) is 10.1. The largest absolute Gasteiger partial charge is 0.423 e. The van der Waals surface area contributed by atoms with Crippen molar-refractivity contribution in [3.63, 3.8) is 0 Å². The molecule has 1 saturated carbocycles. The number of carbonyl (C=O) groups excluding carboxylic acids is 1. The number of benzene rings is 1. The first kappa shape index (κ1) is 21.5. The Kier molecular flexibility index (Phi) is 5.73. The van der Waals surface area contributed by atoms with Crippen LogP contribution < -0.4 is 15.5 Å². The molecule has 0 spiro atoms. The van der Waals surface area contributed by atoms with Crippen LogP contribution in [0.2, 0.25) is 5.02 Å². The molecule has 10 heteroatoms. The number of aliphatic hydroxyl groups is 1. The van der Waals surface area contributed by atoms with Crippen molar-refractivity contribution in [3.8, 4) is 0 Å². The van der Waals surface area contributed by atoms with Gasteiger partial charge in [0.15, 0.2) is 10.7 Å². The molecule has 0 radical (unpaired) electrons. The second-order valence-electron chi connectivity index (χ2n) is 8.68. The lowest BCUT2D eigenvalue weighted by Crippen LogP contribution is -2.41. The van der Waals surface area contributed by atoms with Crippen molar-refractivity contribution in [2.75, 3.05) is 10.2 Å². The third-order valence-electron chi connectivity index (χ3n) is 6.30. The number of amides is 2. The number of carbonyl (C=O) groups is 1. The van der Waals surface area contributed by atoms with Crippen molar-refractivity contribution < 1.29 is 14.3 Å². The van der Waals surface area contributed by atoms with Crippen LogP contribution in [-0.2, 0) is 6.42 Å². The molecule has 1 fully saturated rings. The predicted octanol–water partition coefficient (Wildman–Crippen LogP) is 4.87. The Bertz CT molecular complexity index is 1140. The lowest BCUT2D eigenvalue weighted by molar-refractivity contribution is 0.118. The molecule has 2 aromatic heterocycles. The minimum atomic E-state index is -0.245. The summed E-state index contributed by atoms with van der Waals surface area (Å²) in [5.74, 6) is 0. The first-order valence-corrected chi connectivity index (χ1v) is 12.2. The zero-order valence-corrected chi connectivity index (χ0v) is 19.5. The van der Waals surface area contributed by atoms with Crippen LogP contribution >= 0.6 is 22.9 Å². The Morgan fingerprint density at radius 2 is 2.03 bits per heavy atom. The summed E-state index contributed by atoms with van der Waals surface area (Å²) in [7, 11) is 0. The molecule has 1 aliphatic carbocycles. The molecule has 5 rings (SSSR count). The van der Waals surface area contributed by atoms with Crippen molar-refractivity contribution in [2.45, 2.75) is 70.2 Å². The van der Waals surface area contributed by atoms with Gasteiger partial charge in [0.1, 0.15) is 5.52 Å². The number of anilines is 2. The van der Waals surface area contributed by atoms with Gasteiger partial charge in [0.2, 0.25) is 0 Å². The molecule has 3 heterocycles. The molecular formula is C22H26ClN5O3S. The molecule has 170 valence electrons. The Morgan fingerprint density at radius 1 is 1.25 bits per heavy atom. The summed E-state index contributed by atoms with van der Waals surface area (Å²) in [5.41, 5.74) is 2.44. The quantitative estimate of drug-likeness (QED) is 0.499. The molecule has 0 saturated heterocycles. The van der Waals surface area contributed by atoms with E-state index in [-0.39, 0.29) is 30.3 Å². The SMILES string of the molecule is C[C@@H]1Cc2nc(NC(=O)N[C@H]3CC[C@H](O)CC3)sc2[C@H](C)N1c1nc2cc(Cl)ccc2o1. The van der Waals surface area contributed by atoms with Gasteiger partial charge in [-0.2, -0.15) is 4.98 Å². The fourth-order valence-corrected chi connectivity index (χ4v) is 5.87. The maximum Gasteiger partial charge on any atom is 0.321 e. The van der Waals surface area contributed by atoms with Crippen molar-refractivity contribution in [1.29, 1.82) is 0 Å². The van der Waals surface area contributed by atoms with Crippen molar-refractivity contribution in [2.24, 2.45) is 0 Å². The number of hydrogen-bond acceptors (Lipinski definition) is 7. The lowest BCUT2D eigenvalue weighted by Gasteiger charge is -2.36. The molecular weight excluding hydrogens is 450 g/mol. The summed E-state index contributed by atoms with van der Waals surface area (Å²) in [4.78, 5) is 25.1. The van der Waals surface area contributed by atoms with Crippen molar-refractivity contribution in [1.82, 2.24) is 15.3 Å². The molecule has 2 aliphatic rings. The van der Waals surface area contributed by atoms with Gasteiger partial charge in [-0.1, -0.05) is 22.9 Å². The van der Waals surface area contributed by atoms with E-state index in [9.17, 15) is 9.90 Å². The van der Waals surface area contributed by atoms with Crippen LogP contribution in [0.4, 0.5) is 15.9 Å². The maximum atomic E-state index is 12.5. The van der Waals surface area contributed by atoms with Crippen LogP contribution in [0.15, 0.2) is 22.6 Å². The van der Waals surface area contributed by atoms with E-state index in [0.717, 1.165) is 48.2 Å². The molecule has 2 amide bonds. The van der Waals surface area contributed by atoms with Gasteiger partial charge in [-0.25, -0.2) is 9.78 Å². The smallest absolute Gasteiger partial charge is 0.321 e. The maximum absolute atomic E-state index is 12.5. The molecule has 32 heavy (non-hydrogen) atoms. The van der Waals surface area contributed by atoms with Gasteiger partial charge in [0.05, 0.1) is 22.7 Å². The number of thiazole rings is 1. The van der Waals surface area contributed by atoms with Crippen LogP contribution in [0, 0.1) is 0 Å². The number of fused-ring (bicyclic) bond motifs is 2. The number of oxazole rings is 1. The average molecular weight is 476 g/mol. The van der Waals surface area contributed by atoms with Crippen LogP contribution in [0.1, 0.15) is 56.1 Å². The van der Waals surface area contributed by atoms with E-state index in [1.165, 1.54) is 11.3 Å². The summed E-state index contributed by atoms with van der Waals surface area (Å²) in [5, 5.41) is 16.8. The minimum Gasteiger partial charge on any atom is -0.423 e. The van der Waals surface area contributed by atoms with Gasteiger partial charge in [-0.15, -0.1) is 0 Å². The van der Waals surface area contributed by atoms with E-state index in [4.69, 9.17) is 21.0 Å². The third-order valence-corrected chi connectivity index (χ3v) is 7.72. The highest BCUT2D eigenvalue weighted by molar-refractivity contribution is 7.16. The summed E-state index contributed by atoms with van der Waals surface area (Å²) in [6.45, 7) is 4.23. The first-order valence-electron chi connectivity index (χ1n) is 11.0. The van der Waals surface area contributed by atoms with E-state index in [2.05, 4.69) is 34.4 Å². The van der Waals surface area contributed by atoms with Gasteiger partial charge in [0.25, 0.3) is 6.01 Å². The minimum absolute atomic E-state index is 0.00762. The molecule has 0 bridgehead atoms. The molecule has 3 aromatic rings. The molecule has 3 N–H and O–H groups in total. The summed E-state index contributed by atoms with van der Waals surface area (Å²) >= 11 is 7.59. The number of hydrogen-bond donors (Lipinski definition) is 3. The average Bonchev–Trinajstić information content (AvgIpc) is 3.33. The van der Waals surface area contributed by atoms with Crippen LogP contribution in [0.3, 0.4) is 0 Å². The van der Waals surface area contributed by atoms with Gasteiger partial charge >= 0.3 is 6.03 Å². The lowest BCUT2D eigenvalue weighted by atomic mass is 9.93. The van der Waals surface area contributed by atoms with Crippen LogP contribution in [0.5, 0.6) is 0 Å². The number of rotatable bonds is 3. The van der Waals surface area contributed by atoms with Gasteiger partial charge in [-0.3, -0.25) is 5.32 Å². The Hall–Kier alpha value is -2.36. The Morgan fingerprint density at radius 3 is 2.81 bits per heavy atom. The molecule has 0 unspecified atom stereocenters. The monoisotopic (exact) mass is 475 g/mol. The first-order chi connectivity index (χ1) is 15.4. The number of nitrogens with one attached hydrogen (secondary N) is 2. The number of urea groups is 1. The van der Waals surface area contributed by atoms with Gasteiger partial charge in [-0.05, 0) is 57.7 Å². The van der Waals surface area contributed by atoms with Crippen LogP contribution in [0.25, 0.3) is 11.1 Å². The number of halogens is 1. The Balaban J connectivity index is 1.31. The zero-order chi connectivity index (χ0) is 22.4. The molecule has 1 aromatic carbocycles. The number of aromatic nitrogens is 2. The number of aliphatic hydroxyl groups excluding tert-OH is 1. The molecule has 2 atom stereocenters. The summed E-state index contributed by atoms with van der Waals surface area (Å²) in [6.07, 6.45) is 3.53. The predicted molar refractivity (Wildman–Crippen MR) is 126 cm³/mol.